The number of carbonyl (C=O) groups excluding carboxylic acids is 1. The molecule has 0 radical (unpaired) electrons. The van der Waals surface area contributed by atoms with Crippen LogP contribution < -0.4 is 0 Å². The zero-order chi connectivity index (χ0) is 9.14. The molecule has 1 amide bonds. The highest BCUT2D eigenvalue weighted by molar-refractivity contribution is 5.82. The van der Waals surface area contributed by atoms with E-state index in [4.69, 9.17) is 10.2 Å². The van der Waals surface area contributed by atoms with Crippen LogP contribution >= 0.6 is 0 Å². The molecule has 0 aliphatic carbocycles. The van der Waals surface area contributed by atoms with E-state index >= 15 is 0 Å². The molecule has 0 aromatic carbocycles. The molecule has 1 heterocycles. The van der Waals surface area contributed by atoms with Gasteiger partial charge in [-0.2, -0.15) is 5.06 Å². The minimum Gasteiger partial charge on any atom is -0.508 e. The number of hydrogen-bond acceptors (Lipinski definition) is 4. The van der Waals surface area contributed by atoms with Gasteiger partial charge in [0.2, 0.25) is 0 Å². The molecule has 0 fully saturated rings. The Labute approximate surface area is 67.6 Å². The molecule has 1 rings (SSSR count). The van der Waals surface area contributed by atoms with E-state index in [-0.39, 0.29) is 12.2 Å². The summed E-state index contributed by atoms with van der Waals surface area (Å²) in [4.78, 5) is 25.5. The number of aliphatic carboxylic acids is 1. The number of rotatable bonds is 2. The van der Waals surface area contributed by atoms with Crippen molar-refractivity contribution in [2.45, 2.75) is 6.42 Å². The smallest absolute Gasteiger partial charge is 0.326 e. The first-order valence-electron chi connectivity index (χ1n) is 3.16. The molecular formula is C6H7NO5. The summed E-state index contributed by atoms with van der Waals surface area (Å²) >= 11 is 0. The number of amides is 1. The van der Waals surface area contributed by atoms with Gasteiger partial charge in [-0.15, -0.1) is 0 Å². The van der Waals surface area contributed by atoms with E-state index in [0.717, 1.165) is 6.26 Å². The Bertz CT molecular complexity index is 246. The second-order valence-electron chi connectivity index (χ2n) is 2.22. The highest BCUT2D eigenvalue weighted by Crippen LogP contribution is 2.09. The third kappa shape index (κ3) is 1.88. The highest BCUT2D eigenvalue weighted by Gasteiger charge is 2.22. The summed E-state index contributed by atoms with van der Waals surface area (Å²) in [6, 6.07) is 0. The maximum atomic E-state index is 10.9. The molecule has 1 aliphatic rings. The fraction of sp³-hybridized carbons (Fsp3) is 0.333. The summed E-state index contributed by atoms with van der Waals surface area (Å²) in [5.41, 5.74) is 0. The number of aliphatic hydroxyl groups is 1. The molecule has 0 bridgehead atoms. The molecular weight excluding hydrogens is 166 g/mol. The van der Waals surface area contributed by atoms with E-state index in [1.165, 1.54) is 0 Å². The van der Waals surface area contributed by atoms with Gasteiger partial charge in [0.15, 0.2) is 12.8 Å². The fourth-order valence-corrected chi connectivity index (χ4v) is 0.716. The molecule has 0 spiro atoms. The summed E-state index contributed by atoms with van der Waals surface area (Å²) in [7, 11) is 0. The third-order valence-corrected chi connectivity index (χ3v) is 1.21. The van der Waals surface area contributed by atoms with Gasteiger partial charge in [-0.1, -0.05) is 0 Å². The van der Waals surface area contributed by atoms with Crippen molar-refractivity contribution in [2.75, 3.05) is 6.54 Å². The van der Waals surface area contributed by atoms with Crippen molar-refractivity contribution in [1.29, 1.82) is 0 Å². The summed E-state index contributed by atoms with van der Waals surface area (Å²) in [6.45, 7) is -0.525. The summed E-state index contributed by atoms with van der Waals surface area (Å²) in [6.07, 6.45) is 0.720. The first-order chi connectivity index (χ1) is 5.59. The van der Waals surface area contributed by atoms with Crippen molar-refractivity contribution in [2.24, 2.45) is 0 Å². The fourth-order valence-electron chi connectivity index (χ4n) is 0.716. The molecule has 6 heteroatoms. The molecule has 66 valence electrons. The minimum atomic E-state index is -1.17. The summed E-state index contributed by atoms with van der Waals surface area (Å²) < 4.78 is 0. The van der Waals surface area contributed by atoms with Crippen LogP contribution in [-0.2, 0) is 14.4 Å². The number of aliphatic hydroxyl groups excluding tert-OH is 1. The van der Waals surface area contributed by atoms with E-state index in [0.29, 0.717) is 5.06 Å². The van der Waals surface area contributed by atoms with Crippen molar-refractivity contribution in [3.05, 3.63) is 12.0 Å². The summed E-state index contributed by atoms with van der Waals surface area (Å²) in [5, 5.41) is 17.7. The van der Waals surface area contributed by atoms with Gasteiger partial charge in [0.1, 0.15) is 5.76 Å². The number of carboxylic acid groups (broad SMARTS) is 1. The van der Waals surface area contributed by atoms with Gasteiger partial charge >= 0.3 is 5.97 Å². The Morgan fingerprint density at radius 2 is 2.42 bits per heavy atom. The maximum absolute atomic E-state index is 10.9. The van der Waals surface area contributed by atoms with Gasteiger partial charge in [0.25, 0.3) is 5.91 Å². The second-order valence-corrected chi connectivity index (χ2v) is 2.22. The molecule has 12 heavy (non-hydrogen) atoms. The van der Waals surface area contributed by atoms with Crippen molar-refractivity contribution in [3.63, 3.8) is 0 Å². The Kier molecular flexibility index (Phi) is 2.18. The predicted molar refractivity (Wildman–Crippen MR) is 35.8 cm³/mol. The SMILES string of the molecule is O=C(O)CN1OC=C(O)CC1=O. The van der Waals surface area contributed by atoms with E-state index in [1.54, 1.807) is 0 Å². The molecule has 2 N–H and O–H groups in total. The zero-order valence-corrected chi connectivity index (χ0v) is 6.06. The van der Waals surface area contributed by atoms with Crippen LogP contribution in [0.5, 0.6) is 0 Å². The molecule has 0 saturated heterocycles. The lowest BCUT2D eigenvalue weighted by Gasteiger charge is -2.21. The standard InChI is InChI=1S/C6H7NO5/c8-4-1-5(9)7(12-3-4)2-6(10)11/h3,8H,1-2H2,(H,10,11). The largest absolute Gasteiger partial charge is 0.508 e. The molecule has 0 unspecified atom stereocenters. The van der Waals surface area contributed by atoms with Crippen LogP contribution in [0.15, 0.2) is 12.0 Å². The van der Waals surface area contributed by atoms with E-state index in [9.17, 15) is 9.59 Å². The molecule has 6 nitrogen and oxygen atoms in total. The van der Waals surface area contributed by atoms with Crippen LogP contribution in [0.2, 0.25) is 0 Å². The van der Waals surface area contributed by atoms with Crippen LogP contribution in [0, 0.1) is 0 Å². The van der Waals surface area contributed by atoms with E-state index in [2.05, 4.69) is 4.84 Å². The van der Waals surface area contributed by atoms with Crippen molar-refractivity contribution in [1.82, 2.24) is 5.06 Å². The second kappa shape index (κ2) is 3.12. The van der Waals surface area contributed by atoms with Crippen LogP contribution in [0.25, 0.3) is 0 Å². The first kappa shape index (κ1) is 8.38. The van der Waals surface area contributed by atoms with Crippen LogP contribution in [0.4, 0.5) is 0 Å². The third-order valence-electron chi connectivity index (χ3n) is 1.21. The van der Waals surface area contributed by atoms with Gasteiger partial charge in [-0.25, -0.2) is 0 Å². The first-order valence-corrected chi connectivity index (χ1v) is 3.16. The molecule has 0 atom stereocenters. The zero-order valence-electron chi connectivity index (χ0n) is 6.06. The molecule has 1 aliphatic heterocycles. The Morgan fingerprint density at radius 1 is 1.75 bits per heavy atom. The predicted octanol–water partition coefficient (Wildman–Crippen LogP) is -0.366. The van der Waals surface area contributed by atoms with Crippen molar-refractivity contribution in [3.8, 4) is 0 Å². The number of hydrogen-bond donors (Lipinski definition) is 2. The Balaban J connectivity index is 2.57. The Morgan fingerprint density at radius 3 is 2.92 bits per heavy atom. The van der Waals surface area contributed by atoms with Crippen LogP contribution in [-0.4, -0.2) is 33.7 Å². The van der Waals surface area contributed by atoms with Gasteiger partial charge in [-0.3, -0.25) is 9.59 Å². The average Bonchev–Trinajstić information content (AvgIpc) is 1.94. The molecule has 0 aromatic rings. The van der Waals surface area contributed by atoms with Crippen LogP contribution in [0.1, 0.15) is 6.42 Å². The van der Waals surface area contributed by atoms with Gasteiger partial charge in [-0.05, 0) is 0 Å². The van der Waals surface area contributed by atoms with Gasteiger partial charge < -0.3 is 15.1 Å². The summed E-state index contributed by atoms with van der Waals surface area (Å²) in [5.74, 6) is -1.95. The number of nitrogens with zero attached hydrogens (tertiary/aromatic N) is 1. The van der Waals surface area contributed by atoms with E-state index in [1.807, 2.05) is 0 Å². The topological polar surface area (TPSA) is 87.1 Å². The maximum Gasteiger partial charge on any atom is 0.326 e. The number of carboxylic acids is 1. The van der Waals surface area contributed by atoms with Crippen molar-refractivity contribution >= 4 is 11.9 Å². The van der Waals surface area contributed by atoms with Crippen LogP contribution in [0.3, 0.4) is 0 Å². The average molecular weight is 173 g/mol. The highest BCUT2D eigenvalue weighted by atomic mass is 16.7. The van der Waals surface area contributed by atoms with Gasteiger partial charge in [0, 0.05) is 0 Å². The minimum absolute atomic E-state index is 0.207. The number of hydroxylamine groups is 2. The normalized spacial score (nSPS) is 16.8. The number of carbonyl (C=O) groups is 2. The monoisotopic (exact) mass is 173 g/mol. The molecule has 0 aromatic heterocycles. The Hall–Kier alpha value is -1.72. The lowest BCUT2D eigenvalue weighted by Crippen LogP contribution is -2.36. The lowest BCUT2D eigenvalue weighted by atomic mass is 10.3. The lowest BCUT2D eigenvalue weighted by molar-refractivity contribution is -0.179. The molecule has 0 saturated carbocycles. The van der Waals surface area contributed by atoms with E-state index < -0.39 is 18.4 Å². The van der Waals surface area contributed by atoms with Gasteiger partial charge in [0.05, 0.1) is 6.42 Å². The van der Waals surface area contributed by atoms with Crippen molar-refractivity contribution < 1.29 is 24.6 Å². The quantitative estimate of drug-likeness (QED) is 0.595.